The van der Waals surface area contributed by atoms with Gasteiger partial charge in [-0.3, -0.25) is 4.79 Å². The van der Waals surface area contributed by atoms with Crippen LogP contribution in [0.25, 0.3) is 0 Å². The van der Waals surface area contributed by atoms with Crippen LogP contribution < -0.4 is 5.32 Å². The van der Waals surface area contributed by atoms with Gasteiger partial charge in [0.15, 0.2) is 5.69 Å². The molecule has 6 heteroatoms. The number of carboxylic acids is 1. The van der Waals surface area contributed by atoms with Gasteiger partial charge >= 0.3 is 5.97 Å². The molecule has 0 aliphatic rings. The minimum atomic E-state index is -1.03. The molecule has 0 saturated heterocycles. The van der Waals surface area contributed by atoms with Crippen LogP contribution in [0.2, 0.25) is 0 Å². The molecular weight excluding hydrogens is 312 g/mol. The van der Waals surface area contributed by atoms with E-state index in [0.29, 0.717) is 24.4 Å². The summed E-state index contributed by atoms with van der Waals surface area (Å²) < 4.78 is 0. The van der Waals surface area contributed by atoms with Gasteiger partial charge < -0.3 is 10.4 Å². The first kappa shape index (κ1) is 17.1. The SMILES string of the molecule is CC(C)(CC(=O)NCCc1nc(C(=O)O)cs1)c1ccccc1. The molecule has 2 aromatic rings. The number of benzene rings is 1. The second kappa shape index (κ2) is 7.37. The summed E-state index contributed by atoms with van der Waals surface area (Å²) in [5.74, 6) is -1.05. The van der Waals surface area contributed by atoms with Crippen LogP contribution in [0.3, 0.4) is 0 Å². The number of nitrogens with zero attached hydrogens (tertiary/aromatic N) is 1. The quantitative estimate of drug-likeness (QED) is 0.817. The van der Waals surface area contributed by atoms with Crippen molar-refractivity contribution in [1.82, 2.24) is 10.3 Å². The van der Waals surface area contributed by atoms with Gasteiger partial charge in [-0.2, -0.15) is 0 Å². The Morgan fingerprint density at radius 3 is 2.57 bits per heavy atom. The number of nitrogens with one attached hydrogen (secondary N) is 1. The third-order valence-corrected chi connectivity index (χ3v) is 4.50. The number of aromatic nitrogens is 1. The van der Waals surface area contributed by atoms with Gasteiger partial charge in [0.05, 0.1) is 5.01 Å². The standard InChI is InChI=1S/C17H20N2O3S/c1-17(2,12-6-4-3-5-7-12)10-14(20)18-9-8-15-19-13(11-23-15)16(21)22/h3-7,11H,8-10H2,1-2H3,(H,18,20)(H,21,22). The molecule has 1 aromatic carbocycles. The normalized spacial score (nSPS) is 11.2. The van der Waals surface area contributed by atoms with Crippen LogP contribution in [0.1, 0.15) is 41.3 Å². The molecule has 5 nitrogen and oxygen atoms in total. The maximum atomic E-state index is 12.1. The largest absolute Gasteiger partial charge is 0.476 e. The van der Waals surface area contributed by atoms with Crippen molar-refractivity contribution in [3.63, 3.8) is 0 Å². The Hall–Kier alpha value is -2.21. The molecule has 122 valence electrons. The minimum Gasteiger partial charge on any atom is -0.476 e. The highest BCUT2D eigenvalue weighted by Gasteiger charge is 2.23. The maximum Gasteiger partial charge on any atom is 0.355 e. The maximum absolute atomic E-state index is 12.1. The average molecular weight is 332 g/mol. The van der Waals surface area contributed by atoms with Gasteiger partial charge in [0, 0.05) is 24.8 Å². The van der Waals surface area contributed by atoms with E-state index in [4.69, 9.17) is 5.11 Å². The second-order valence-corrected chi connectivity index (χ2v) is 6.90. The lowest BCUT2D eigenvalue weighted by molar-refractivity contribution is -0.122. The molecule has 2 rings (SSSR count). The first-order chi connectivity index (χ1) is 10.9. The summed E-state index contributed by atoms with van der Waals surface area (Å²) in [6.45, 7) is 4.54. The molecule has 1 heterocycles. The van der Waals surface area contributed by atoms with Crippen molar-refractivity contribution >= 4 is 23.2 Å². The van der Waals surface area contributed by atoms with Crippen molar-refractivity contribution in [1.29, 1.82) is 0 Å². The molecule has 0 saturated carbocycles. The third kappa shape index (κ3) is 4.89. The van der Waals surface area contributed by atoms with E-state index in [1.165, 1.54) is 16.7 Å². The lowest BCUT2D eigenvalue weighted by atomic mass is 9.81. The van der Waals surface area contributed by atoms with E-state index in [1.807, 2.05) is 44.2 Å². The molecule has 0 aliphatic heterocycles. The number of amides is 1. The molecule has 1 aromatic heterocycles. The Labute approximate surface area is 139 Å². The average Bonchev–Trinajstić information content (AvgIpc) is 2.97. The first-order valence-corrected chi connectivity index (χ1v) is 8.26. The monoisotopic (exact) mass is 332 g/mol. The fourth-order valence-corrected chi connectivity index (χ4v) is 3.06. The number of rotatable bonds is 7. The van der Waals surface area contributed by atoms with Gasteiger partial charge in [0.2, 0.25) is 5.91 Å². The Bertz CT molecular complexity index is 680. The highest BCUT2D eigenvalue weighted by atomic mass is 32.1. The van der Waals surface area contributed by atoms with Gasteiger partial charge in [-0.15, -0.1) is 11.3 Å². The summed E-state index contributed by atoms with van der Waals surface area (Å²) in [5, 5.41) is 13.9. The predicted molar refractivity (Wildman–Crippen MR) is 89.9 cm³/mol. The molecule has 0 fully saturated rings. The van der Waals surface area contributed by atoms with Crippen LogP contribution in [0.5, 0.6) is 0 Å². The van der Waals surface area contributed by atoms with Crippen LogP contribution in [0, 0.1) is 0 Å². The molecule has 0 aliphatic carbocycles. The van der Waals surface area contributed by atoms with Crippen molar-refractivity contribution in [2.75, 3.05) is 6.54 Å². The van der Waals surface area contributed by atoms with E-state index in [0.717, 1.165) is 5.56 Å². The zero-order chi connectivity index (χ0) is 16.9. The number of aromatic carboxylic acids is 1. The zero-order valence-corrected chi connectivity index (χ0v) is 14.0. The Balaban J connectivity index is 1.81. The van der Waals surface area contributed by atoms with Gasteiger partial charge in [0.1, 0.15) is 0 Å². The van der Waals surface area contributed by atoms with Crippen molar-refractivity contribution in [3.05, 3.63) is 52.0 Å². The number of hydrogen-bond acceptors (Lipinski definition) is 4. The lowest BCUT2D eigenvalue weighted by Gasteiger charge is -2.24. The molecule has 23 heavy (non-hydrogen) atoms. The number of carbonyl (C=O) groups is 2. The van der Waals surface area contributed by atoms with Crippen molar-refractivity contribution < 1.29 is 14.7 Å². The van der Waals surface area contributed by atoms with Crippen LogP contribution >= 0.6 is 11.3 Å². The summed E-state index contributed by atoms with van der Waals surface area (Å²) >= 11 is 1.30. The lowest BCUT2D eigenvalue weighted by Crippen LogP contribution is -2.32. The van der Waals surface area contributed by atoms with E-state index < -0.39 is 5.97 Å². The fraction of sp³-hybridized carbons (Fsp3) is 0.353. The minimum absolute atomic E-state index is 0.0196. The Morgan fingerprint density at radius 2 is 1.96 bits per heavy atom. The van der Waals surface area contributed by atoms with Crippen molar-refractivity contribution in [3.8, 4) is 0 Å². The van der Waals surface area contributed by atoms with Gasteiger partial charge in [-0.25, -0.2) is 9.78 Å². The van der Waals surface area contributed by atoms with E-state index in [1.54, 1.807) is 0 Å². The highest BCUT2D eigenvalue weighted by Crippen LogP contribution is 2.26. The van der Waals surface area contributed by atoms with Gasteiger partial charge in [-0.05, 0) is 11.0 Å². The van der Waals surface area contributed by atoms with Gasteiger partial charge in [-0.1, -0.05) is 44.2 Å². The number of hydrogen-bond donors (Lipinski definition) is 2. The molecule has 0 atom stereocenters. The topological polar surface area (TPSA) is 79.3 Å². The highest BCUT2D eigenvalue weighted by molar-refractivity contribution is 7.09. The number of carbonyl (C=O) groups excluding carboxylic acids is 1. The summed E-state index contributed by atoms with van der Waals surface area (Å²) in [6, 6.07) is 9.95. The van der Waals surface area contributed by atoms with Crippen LogP contribution in [-0.4, -0.2) is 28.5 Å². The number of thiazole rings is 1. The fourth-order valence-electron chi connectivity index (χ4n) is 2.29. The van der Waals surface area contributed by atoms with Crippen LogP contribution in [-0.2, 0) is 16.6 Å². The molecule has 0 spiro atoms. The molecule has 0 bridgehead atoms. The second-order valence-electron chi connectivity index (χ2n) is 5.96. The van der Waals surface area contributed by atoms with E-state index >= 15 is 0 Å². The summed E-state index contributed by atoms with van der Waals surface area (Å²) in [5.41, 5.74) is 0.950. The van der Waals surface area contributed by atoms with Crippen molar-refractivity contribution in [2.24, 2.45) is 0 Å². The van der Waals surface area contributed by atoms with Crippen LogP contribution in [0.15, 0.2) is 35.7 Å². The van der Waals surface area contributed by atoms with E-state index in [2.05, 4.69) is 10.3 Å². The molecule has 0 unspecified atom stereocenters. The van der Waals surface area contributed by atoms with Crippen LogP contribution in [0.4, 0.5) is 0 Å². The Kier molecular flexibility index (Phi) is 5.50. The molecule has 1 amide bonds. The Morgan fingerprint density at radius 1 is 1.26 bits per heavy atom. The third-order valence-electron chi connectivity index (χ3n) is 3.59. The molecule has 2 N–H and O–H groups in total. The van der Waals surface area contributed by atoms with Gasteiger partial charge in [0.25, 0.3) is 0 Å². The summed E-state index contributed by atoms with van der Waals surface area (Å²) in [7, 11) is 0. The predicted octanol–water partition coefficient (Wildman–Crippen LogP) is 2.87. The molecule has 0 radical (unpaired) electrons. The zero-order valence-electron chi connectivity index (χ0n) is 13.2. The summed E-state index contributed by atoms with van der Waals surface area (Å²) in [6.07, 6.45) is 0.935. The molecular formula is C17H20N2O3S. The first-order valence-electron chi connectivity index (χ1n) is 7.38. The van der Waals surface area contributed by atoms with Crippen molar-refractivity contribution in [2.45, 2.75) is 32.1 Å². The van der Waals surface area contributed by atoms with E-state index in [9.17, 15) is 9.59 Å². The van der Waals surface area contributed by atoms with E-state index in [-0.39, 0.29) is 17.0 Å². The summed E-state index contributed by atoms with van der Waals surface area (Å²) in [4.78, 5) is 26.9. The number of carboxylic acid groups (broad SMARTS) is 1. The smallest absolute Gasteiger partial charge is 0.355 e.